The summed E-state index contributed by atoms with van der Waals surface area (Å²) in [5, 5.41) is 17.9. The molecule has 0 atom stereocenters. The summed E-state index contributed by atoms with van der Waals surface area (Å²) >= 11 is 0. The highest BCUT2D eigenvalue weighted by Gasteiger charge is 2.21. The van der Waals surface area contributed by atoms with Crippen molar-refractivity contribution in [2.24, 2.45) is 7.05 Å². The number of rotatable bonds is 4. The smallest absolute Gasteiger partial charge is 0.261 e. The second-order valence-electron chi connectivity index (χ2n) is 7.55. The molecule has 1 aliphatic rings. The standard InChI is InChI=1S/C21H25N5O2/c1-13-7-9-22-17(11-13)24-18-12-14-8-10-26(2)21(28)19(14)20(25-18)23-15-3-5-16(27)6-4-15/h7-12,15-16,27H,3-6H2,1-2H3,(H2,22,23,24,25)/t15-,16+. The molecule has 1 saturated carbocycles. The van der Waals surface area contributed by atoms with E-state index in [0.29, 0.717) is 22.8 Å². The van der Waals surface area contributed by atoms with Crippen molar-refractivity contribution >= 4 is 28.2 Å². The number of aliphatic hydroxyl groups excluding tert-OH is 1. The average Bonchev–Trinajstić information content (AvgIpc) is 2.66. The highest BCUT2D eigenvalue weighted by molar-refractivity contribution is 5.93. The molecule has 4 rings (SSSR count). The molecule has 1 fully saturated rings. The van der Waals surface area contributed by atoms with Crippen LogP contribution in [0.25, 0.3) is 10.8 Å². The van der Waals surface area contributed by atoms with Crippen molar-refractivity contribution in [2.75, 3.05) is 10.6 Å². The minimum absolute atomic E-state index is 0.0800. The van der Waals surface area contributed by atoms with Crippen LogP contribution in [-0.2, 0) is 7.05 Å². The van der Waals surface area contributed by atoms with Crippen LogP contribution in [0.1, 0.15) is 31.2 Å². The molecule has 0 radical (unpaired) electrons. The summed E-state index contributed by atoms with van der Waals surface area (Å²) in [6.45, 7) is 2.01. The number of hydrogen-bond donors (Lipinski definition) is 3. The molecule has 0 aromatic carbocycles. The molecule has 0 saturated heterocycles. The van der Waals surface area contributed by atoms with Gasteiger partial charge in [0.2, 0.25) is 0 Å². The number of fused-ring (bicyclic) bond motifs is 1. The number of anilines is 3. The number of pyridine rings is 3. The van der Waals surface area contributed by atoms with Gasteiger partial charge in [-0.15, -0.1) is 0 Å². The summed E-state index contributed by atoms with van der Waals surface area (Å²) in [4.78, 5) is 21.8. The quantitative estimate of drug-likeness (QED) is 0.645. The lowest BCUT2D eigenvalue weighted by molar-refractivity contribution is 0.126. The van der Waals surface area contributed by atoms with Crippen molar-refractivity contribution in [3.63, 3.8) is 0 Å². The number of aromatic nitrogens is 3. The largest absolute Gasteiger partial charge is 0.393 e. The summed E-state index contributed by atoms with van der Waals surface area (Å²) in [6, 6.07) is 7.87. The molecule has 146 valence electrons. The second-order valence-corrected chi connectivity index (χ2v) is 7.55. The van der Waals surface area contributed by atoms with Crippen LogP contribution in [0, 0.1) is 6.92 Å². The Morgan fingerprint density at radius 2 is 1.93 bits per heavy atom. The van der Waals surface area contributed by atoms with E-state index in [-0.39, 0.29) is 17.7 Å². The van der Waals surface area contributed by atoms with E-state index < -0.39 is 0 Å². The lowest BCUT2D eigenvalue weighted by atomic mass is 9.93. The van der Waals surface area contributed by atoms with E-state index in [1.54, 1.807) is 24.0 Å². The molecule has 0 amide bonds. The van der Waals surface area contributed by atoms with Crippen LogP contribution in [-0.4, -0.2) is 31.8 Å². The first-order valence-corrected chi connectivity index (χ1v) is 9.64. The fraction of sp³-hybridized carbons (Fsp3) is 0.381. The number of nitrogens with one attached hydrogen (secondary N) is 2. The van der Waals surface area contributed by atoms with Gasteiger partial charge in [-0.25, -0.2) is 9.97 Å². The zero-order chi connectivity index (χ0) is 19.7. The van der Waals surface area contributed by atoms with Crippen molar-refractivity contribution < 1.29 is 5.11 Å². The maximum atomic E-state index is 12.8. The molecule has 7 nitrogen and oxygen atoms in total. The Labute approximate surface area is 163 Å². The molecular weight excluding hydrogens is 354 g/mol. The first kappa shape index (κ1) is 18.4. The molecule has 0 spiro atoms. The zero-order valence-corrected chi connectivity index (χ0v) is 16.1. The first-order valence-electron chi connectivity index (χ1n) is 9.64. The Bertz CT molecular complexity index is 1050. The molecule has 28 heavy (non-hydrogen) atoms. The maximum absolute atomic E-state index is 12.8. The normalized spacial score (nSPS) is 19.5. The van der Waals surface area contributed by atoms with Gasteiger partial charge in [0.1, 0.15) is 17.5 Å². The number of aryl methyl sites for hydroxylation is 2. The summed E-state index contributed by atoms with van der Waals surface area (Å²) in [6.07, 6.45) is 6.53. The molecule has 7 heteroatoms. The van der Waals surface area contributed by atoms with Crippen LogP contribution in [0.2, 0.25) is 0 Å². The van der Waals surface area contributed by atoms with Crippen molar-refractivity contribution in [3.05, 3.63) is 52.6 Å². The van der Waals surface area contributed by atoms with Crippen molar-refractivity contribution in [1.29, 1.82) is 0 Å². The third kappa shape index (κ3) is 3.84. The van der Waals surface area contributed by atoms with Gasteiger partial charge < -0.3 is 20.3 Å². The molecule has 3 heterocycles. The number of nitrogens with zero attached hydrogens (tertiary/aromatic N) is 3. The van der Waals surface area contributed by atoms with Crippen LogP contribution in [0.15, 0.2) is 41.5 Å². The highest BCUT2D eigenvalue weighted by atomic mass is 16.3. The minimum Gasteiger partial charge on any atom is -0.393 e. The Hall–Kier alpha value is -2.93. The number of hydrogen-bond acceptors (Lipinski definition) is 6. The molecule has 0 unspecified atom stereocenters. The van der Waals surface area contributed by atoms with Gasteiger partial charge in [-0.2, -0.15) is 0 Å². The molecule has 3 aromatic rings. The monoisotopic (exact) mass is 379 g/mol. The topological polar surface area (TPSA) is 92.1 Å². The van der Waals surface area contributed by atoms with E-state index in [9.17, 15) is 9.90 Å². The van der Waals surface area contributed by atoms with E-state index in [2.05, 4.69) is 15.6 Å². The molecule has 3 aromatic heterocycles. The van der Waals surface area contributed by atoms with Crippen LogP contribution < -0.4 is 16.2 Å². The van der Waals surface area contributed by atoms with Gasteiger partial charge in [-0.1, -0.05) is 0 Å². The summed E-state index contributed by atoms with van der Waals surface area (Å²) in [7, 11) is 1.74. The van der Waals surface area contributed by atoms with Gasteiger partial charge in [0, 0.05) is 25.5 Å². The van der Waals surface area contributed by atoms with Gasteiger partial charge in [0.25, 0.3) is 5.56 Å². The van der Waals surface area contributed by atoms with Crippen LogP contribution in [0.3, 0.4) is 0 Å². The Balaban J connectivity index is 1.73. The fourth-order valence-electron chi connectivity index (χ4n) is 3.67. The summed E-state index contributed by atoms with van der Waals surface area (Å²) in [5.74, 6) is 1.93. The van der Waals surface area contributed by atoms with Crippen molar-refractivity contribution in [3.8, 4) is 0 Å². The van der Waals surface area contributed by atoms with Crippen molar-refractivity contribution in [2.45, 2.75) is 44.8 Å². The van der Waals surface area contributed by atoms with Crippen LogP contribution >= 0.6 is 0 Å². The zero-order valence-electron chi connectivity index (χ0n) is 16.1. The molecule has 0 bridgehead atoms. The van der Waals surface area contributed by atoms with E-state index >= 15 is 0 Å². The fourth-order valence-corrected chi connectivity index (χ4v) is 3.67. The SMILES string of the molecule is Cc1ccnc(Nc2cc3ccn(C)c(=O)c3c(N[C@H]3CC[C@@H](O)CC3)n2)c1. The lowest BCUT2D eigenvalue weighted by Gasteiger charge is -2.27. The van der Waals surface area contributed by atoms with Gasteiger partial charge in [0.05, 0.1) is 11.5 Å². The van der Waals surface area contributed by atoms with E-state index in [1.807, 2.05) is 31.2 Å². The van der Waals surface area contributed by atoms with E-state index in [0.717, 1.165) is 36.6 Å². The molecule has 1 aliphatic carbocycles. The Morgan fingerprint density at radius 3 is 2.68 bits per heavy atom. The Kier molecular flexibility index (Phi) is 5.00. The average molecular weight is 379 g/mol. The first-order chi connectivity index (χ1) is 13.5. The van der Waals surface area contributed by atoms with Crippen molar-refractivity contribution in [1.82, 2.24) is 14.5 Å². The second kappa shape index (κ2) is 7.59. The van der Waals surface area contributed by atoms with Crippen LogP contribution in [0.5, 0.6) is 0 Å². The van der Waals surface area contributed by atoms with Gasteiger partial charge in [-0.3, -0.25) is 4.79 Å². The molecule has 0 aliphatic heterocycles. The lowest BCUT2D eigenvalue weighted by Crippen LogP contribution is -2.29. The van der Waals surface area contributed by atoms with Gasteiger partial charge in [0.15, 0.2) is 0 Å². The predicted octanol–water partition coefficient (Wildman–Crippen LogP) is 3.10. The molecular formula is C21H25N5O2. The third-order valence-electron chi connectivity index (χ3n) is 5.27. The van der Waals surface area contributed by atoms with Gasteiger partial charge >= 0.3 is 0 Å². The maximum Gasteiger partial charge on any atom is 0.261 e. The molecule has 3 N–H and O–H groups in total. The Morgan fingerprint density at radius 1 is 1.14 bits per heavy atom. The summed E-state index contributed by atoms with van der Waals surface area (Å²) in [5.41, 5.74) is 1.02. The van der Waals surface area contributed by atoms with E-state index in [1.165, 1.54) is 0 Å². The third-order valence-corrected chi connectivity index (χ3v) is 5.27. The predicted molar refractivity (Wildman–Crippen MR) is 111 cm³/mol. The summed E-state index contributed by atoms with van der Waals surface area (Å²) < 4.78 is 1.56. The number of aliphatic hydroxyl groups is 1. The van der Waals surface area contributed by atoms with E-state index in [4.69, 9.17) is 4.98 Å². The van der Waals surface area contributed by atoms with Gasteiger partial charge in [-0.05, 0) is 67.8 Å². The van der Waals surface area contributed by atoms with Crippen LogP contribution in [0.4, 0.5) is 17.5 Å². The minimum atomic E-state index is -0.226. The highest BCUT2D eigenvalue weighted by Crippen LogP contribution is 2.27.